The molecule has 0 fully saturated rings. The summed E-state index contributed by atoms with van der Waals surface area (Å²) in [5, 5.41) is 26.0. The van der Waals surface area contributed by atoms with Gasteiger partial charge >= 0.3 is 14.2 Å². The quantitative estimate of drug-likeness (QED) is 0.236. The van der Waals surface area contributed by atoms with Crippen LogP contribution in [0.2, 0.25) is 0 Å². The highest BCUT2D eigenvalue weighted by molar-refractivity contribution is 6.62. The van der Waals surface area contributed by atoms with Crippen LogP contribution in [0.25, 0.3) is 0 Å². The van der Waals surface area contributed by atoms with Crippen LogP contribution in [0.5, 0.6) is 0 Å². The average molecular weight is 484 g/mol. The number of rotatable bonds is 10. The maximum absolute atomic E-state index is 12.6. The standard InChI is InChI=1S/C26H26B2N2O6/c31-25(19-4-6-21-15-35-27(33)23(21)9-19)13-29-11-17-2-1-3-18(8-17)12-30-14-26(32)20-5-7-22-16-36-28(34)24(22)10-20/h1-10,29-30,33-34H,11-16H2. The number of carbonyl (C=O) groups is 2. The Morgan fingerprint density at radius 2 is 1.19 bits per heavy atom. The molecule has 2 aliphatic rings. The van der Waals surface area contributed by atoms with Crippen molar-refractivity contribution in [3.63, 3.8) is 0 Å². The SMILES string of the molecule is O=C(CNCc1cccc(CNCC(=O)c2ccc3c(c2)B(O)OC3)c1)c1ccc2c(c1)B(O)OC2. The Morgan fingerprint density at radius 3 is 1.67 bits per heavy atom. The summed E-state index contributed by atoms with van der Waals surface area (Å²) >= 11 is 0. The van der Waals surface area contributed by atoms with Gasteiger partial charge in [-0.15, -0.1) is 0 Å². The van der Waals surface area contributed by atoms with Crippen LogP contribution in [0, 0.1) is 0 Å². The summed E-state index contributed by atoms with van der Waals surface area (Å²) in [5.41, 5.74) is 6.25. The summed E-state index contributed by atoms with van der Waals surface area (Å²) in [7, 11) is -1.94. The number of fused-ring (bicyclic) bond motifs is 2. The van der Waals surface area contributed by atoms with Crippen LogP contribution >= 0.6 is 0 Å². The van der Waals surface area contributed by atoms with E-state index in [9.17, 15) is 19.6 Å². The molecule has 4 N–H and O–H groups in total. The summed E-state index contributed by atoms with van der Waals surface area (Å²) in [5.74, 6) is -0.113. The van der Waals surface area contributed by atoms with Gasteiger partial charge in [-0.2, -0.15) is 0 Å². The van der Waals surface area contributed by atoms with E-state index in [0.29, 0.717) is 48.4 Å². The molecule has 0 bridgehead atoms. The number of nitrogens with one attached hydrogen (secondary N) is 2. The topological polar surface area (TPSA) is 117 Å². The number of carbonyl (C=O) groups excluding carboxylic acids is 2. The largest absolute Gasteiger partial charge is 0.491 e. The van der Waals surface area contributed by atoms with E-state index in [2.05, 4.69) is 10.6 Å². The third-order valence-electron chi connectivity index (χ3n) is 6.48. The fourth-order valence-electron chi connectivity index (χ4n) is 4.47. The number of Topliss-reactive ketones (excluding diaryl/α,β-unsaturated/α-hetero) is 2. The van der Waals surface area contributed by atoms with Gasteiger partial charge in [0.05, 0.1) is 26.3 Å². The van der Waals surface area contributed by atoms with Gasteiger partial charge in [-0.25, -0.2) is 0 Å². The van der Waals surface area contributed by atoms with Gasteiger partial charge in [0.15, 0.2) is 11.6 Å². The van der Waals surface area contributed by atoms with E-state index in [1.807, 2.05) is 36.4 Å². The molecule has 3 aromatic carbocycles. The highest BCUT2D eigenvalue weighted by Crippen LogP contribution is 2.13. The summed E-state index contributed by atoms with van der Waals surface area (Å²) < 4.78 is 10.4. The van der Waals surface area contributed by atoms with Crippen molar-refractivity contribution in [3.8, 4) is 0 Å². The molecule has 0 spiro atoms. The van der Waals surface area contributed by atoms with Gasteiger partial charge in [0, 0.05) is 24.2 Å². The minimum atomic E-state index is -0.969. The van der Waals surface area contributed by atoms with E-state index < -0.39 is 14.2 Å². The second-order valence-corrected chi connectivity index (χ2v) is 9.03. The Hall–Kier alpha value is -3.11. The van der Waals surface area contributed by atoms with Gasteiger partial charge in [-0.3, -0.25) is 9.59 Å². The van der Waals surface area contributed by atoms with E-state index >= 15 is 0 Å². The normalized spacial score (nSPS) is 14.2. The maximum Gasteiger partial charge on any atom is 0.491 e. The Bertz CT molecular complexity index is 1210. The lowest BCUT2D eigenvalue weighted by Crippen LogP contribution is -2.30. The molecule has 3 aromatic rings. The lowest BCUT2D eigenvalue weighted by Gasteiger charge is -2.09. The highest BCUT2D eigenvalue weighted by atomic mass is 16.5. The van der Waals surface area contributed by atoms with Gasteiger partial charge in [0.2, 0.25) is 0 Å². The molecule has 0 amide bonds. The van der Waals surface area contributed by atoms with Crippen molar-refractivity contribution >= 4 is 36.7 Å². The van der Waals surface area contributed by atoms with Gasteiger partial charge in [0.25, 0.3) is 0 Å². The highest BCUT2D eigenvalue weighted by Gasteiger charge is 2.28. The van der Waals surface area contributed by atoms with Gasteiger partial charge in [-0.1, -0.05) is 60.7 Å². The van der Waals surface area contributed by atoms with Crippen molar-refractivity contribution in [1.29, 1.82) is 0 Å². The molecule has 2 heterocycles. The lowest BCUT2D eigenvalue weighted by atomic mass is 9.78. The summed E-state index contributed by atoms with van der Waals surface area (Å²) in [4.78, 5) is 25.1. The second-order valence-electron chi connectivity index (χ2n) is 9.03. The summed E-state index contributed by atoms with van der Waals surface area (Å²) in [6.45, 7) is 2.11. The number of ketones is 2. The first-order chi connectivity index (χ1) is 17.5. The molecule has 5 rings (SSSR count). The summed E-state index contributed by atoms with van der Waals surface area (Å²) in [6.07, 6.45) is 0. The molecule has 0 saturated carbocycles. The molecule has 182 valence electrons. The van der Waals surface area contributed by atoms with E-state index in [1.165, 1.54) is 0 Å². The van der Waals surface area contributed by atoms with Gasteiger partial charge in [-0.05, 0) is 33.2 Å². The van der Waals surface area contributed by atoms with E-state index in [0.717, 1.165) is 22.3 Å². The second kappa shape index (κ2) is 10.9. The average Bonchev–Trinajstić information content (AvgIpc) is 3.45. The number of benzene rings is 3. The molecule has 8 nitrogen and oxygen atoms in total. The molecular formula is C26H26B2N2O6. The van der Waals surface area contributed by atoms with Crippen LogP contribution < -0.4 is 21.6 Å². The lowest BCUT2D eigenvalue weighted by molar-refractivity contribution is 0.0983. The summed E-state index contributed by atoms with van der Waals surface area (Å²) in [6, 6.07) is 18.5. The van der Waals surface area contributed by atoms with E-state index in [-0.39, 0.29) is 24.7 Å². The minimum Gasteiger partial charge on any atom is -0.423 e. The van der Waals surface area contributed by atoms with E-state index in [1.54, 1.807) is 24.3 Å². The van der Waals surface area contributed by atoms with Crippen molar-refractivity contribution in [2.24, 2.45) is 0 Å². The smallest absolute Gasteiger partial charge is 0.423 e. The molecule has 0 aromatic heterocycles. The maximum atomic E-state index is 12.6. The fraction of sp³-hybridized carbons (Fsp3) is 0.231. The van der Waals surface area contributed by atoms with Crippen LogP contribution in [0.3, 0.4) is 0 Å². The first-order valence-corrected chi connectivity index (χ1v) is 11.9. The minimum absolute atomic E-state index is 0.0566. The molecular weight excluding hydrogens is 458 g/mol. The third kappa shape index (κ3) is 5.49. The van der Waals surface area contributed by atoms with Crippen molar-refractivity contribution in [3.05, 3.63) is 94.0 Å². The van der Waals surface area contributed by atoms with Crippen molar-refractivity contribution < 1.29 is 28.9 Å². The van der Waals surface area contributed by atoms with E-state index in [4.69, 9.17) is 9.31 Å². The molecule has 0 saturated heterocycles. The Morgan fingerprint density at radius 1 is 0.722 bits per heavy atom. The van der Waals surface area contributed by atoms with Crippen LogP contribution in [0.15, 0.2) is 60.7 Å². The Balaban J connectivity index is 1.09. The van der Waals surface area contributed by atoms with Crippen LogP contribution in [-0.2, 0) is 35.6 Å². The van der Waals surface area contributed by atoms with Crippen molar-refractivity contribution in [2.45, 2.75) is 26.3 Å². The van der Waals surface area contributed by atoms with Crippen molar-refractivity contribution in [1.82, 2.24) is 10.6 Å². The first-order valence-electron chi connectivity index (χ1n) is 11.9. The fourth-order valence-corrected chi connectivity index (χ4v) is 4.47. The Labute approximate surface area is 209 Å². The van der Waals surface area contributed by atoms with Crippen LogP contribution in [-0.4, -0.2) is 48.9 Å². The first kappa shape index (κ1) is 24.6. The predicted octanol–water partition coefficient (Wildman–Crippen LogP) is 0.0670. The predicted molar refractivity (Wildman–Crippen MR) is 136 cm³/mol. The zero-order chi connectivity index (χ0) is 25.1. The molecule has 2 aliphatic heterocycles. The van der Waals surface area contributed by atoms with Gasteiger partial charge in [0.1, 0.15) is 0 Å². The molecule has 0 unspecified atom stereocenters. The molecule has 10 heteroatoms. The zero-order valence-electron chi connectivity index (χ0n) is 19.7. The van der Waals surface area contributed by atoms with Gasteiger partial charge < -0.3 is 30.0 Å². The number of hydrogen-bond acceptors (Lipinski definition) is 8. The molecule has 0 aliphatic carbocycles. The van der Waals surface area contributed by atoms with Crippen molar-refractivity contribution in [2.75, 3.05) is 13.1 Å². The molecule has 0 atom stereocenters. The third-order valence-corrected chi connectivity index (χ3v) is 6.48. The van der Waals surface area contributed by atoms with Crippen LogP contribution in [0.4, 0.5) is 0 Å². The molecule has 0 radical (unpaired) electrons. The Kier molecular flexibility index (Phi) is 7.43. The monoisotopic (exact) mass is 484 g/mol. The number of hydrogen-bond donors (Lipinski definition) is 4. The van der Waals surface area contributed by atoms with Crippen LogP contribution in [0.1, 0.15) is 43.0 Å². The molecule has 36 heavy (non-hydrogen) atoms. The zero-order valence-corrected chi connectivity index (χ0v) is 19.7.